The number of rotatable bonds is 7. The topological polar surface area (TPSA) is 75.6 Å². The third-order valence-electron chi connectivity index (χ3n) is 2.17. The van der Waals surface area contributed by atoms with E-state index in [9.17, 15) is 9.59 Å². The van der Waals surface area contributed by atoms with Crippen molar-refractivity contribution in [2.24, 2.45) is 5.92 Å². The van der Waals surface area contributed by atoms with Crippen LogP contribution in [-0.2, 0) is 14.3 Å². The van der Waals surface area contributed by atoms with Gasteiger partial charge in [0, 0.05) is 19.4 Å². The van der Waals surface area contributed by atoms with Gasteiger partial charge in [0.1, 0.15) is 6.04 Å². The fourth-order valence-corrected chi connectivity index (χ4v) is 1.36. The van der Waals surface area contributed by atoms with Gasteiger partial charge in [-0.05, 0) is 26.7 Å². The molecule has 0 aromatic heterocycles. The molecule has 0 bridgehead atoms. The lowest BCUT2D eigenvalue weighted by Crippen LogP contribution is -2.42. The molecule has 0 heterocycles. The minimum atomic E-state index is -1.02. The molecule has 18 heavy (non-hydrogen) atoms. The van der Waals surface area contributed by atoms with Crippen LogP contribution in [0.4, 0.5) is 0 Å². The Morgan fingerprint density at radius 1 is 1.28 bits per heavy atom. The van der Waals surface area contributed by atoms with Gasteiger partial charge in [-0.3, -0.25) is 4.79 Å². The van der Waals surface area contributed by atoms with Crippen molar-refractivity contribution in [3.05, 3.63) is 0 Å². The van der Waals surface area contributed by atoms with Gasteiger partial charge in [-0.25, -0.2) is 4.79 Å². The van der Waals surface area contributed by atoms with Gasteiger partial charge in [0.05, 0.1) is 5.60 Å². The second-order valence-corrected chi connectivity index (χ2v) is 5.81. The first-order chi connectivity index (χ1) is 8.11. The van der Waals surface area contributed by atoms with Crippen LogP contribution in [0.15, 0.2) is 0 Å². The number of carbonyl (C=O) groups is 2. The number of hydrogen-bond acceptors (Lipinski definition) is 3. The Morgan fingerprint density at radius 3 is 2.22 bits per heavy atom. The summed E-state index contributed by atoms with van der Waals surface area (Å²) in [5.74, 6) is -1.04. The van der Waals surface area contributed by atoms with Gasteiger partial charge in [0.25, 0.3) is 0 Å². The third-order valence-corrected chi connectivity index (χ3v) is 2.17. The second kappa shape index (κ2) is 7.36. The number of nitrogens with one attached hydrogen (secondary N) is 1. The molecule has 1 unspecified atom stereocenters. The van der Waals surface area contributed by atoms with Crippen LogP contribution >= 0.6 is 0 Å². The molecule has 2 N–H and O–H groups in total. The van der Waals surface area contributed by atoms with E-state index >= 15 is 0 Å². The Morgan fingerprint density at radius 2 is 1.83 bits per heavy atom. The van der Waals surface area contributed by atoms with Crippen LogP contribution in [-0.4, -0.2) is 35.2 Å². The van der Waals surface area contributed by atoms with E-state index in [1.807, 2.05) is 34.6 Å². The summed E-state index contributed by atoms with van der Waals surface area (Å²) in [5.41, 5.74) is -0.301. The summed E-state index contributed by atoms with van der Waals surface area (Å²) in [6.07, 6.45) is 0.611. The van der Waals surface area contributed by atoms with Crippen molar-refractivity contribution in [3.63, 3.8) is 0 Å². The average molecular weight is 259 g/mol. The zero-order valence-corrected chi connectivity index (χ0v) is 11.9. The van der Waals surface area contributed by atoms with E-state index in [0.29, 0.717) is 13.0 Å². The minimum Gasteiger partial charge on any atom is -0.480 e. The van der Waals surface area contributed by atoms with Crippen molar-refractivity contribution in [2.75, 3.05) is 6.61 Å². The number of hydrogen-bond donors (Lipinski definition) is 2. The Bertz CT molecular complexity index is 281. The van der Waals surface area contributed by atoms with Crippen molar-refractivity contribution >= 4 is 11.9 Å². The van der Waals surface area contributed by atoms with Gasteiger partial charge in [-0.1, -0.05) is 13.8 Å². The molecule has 0 radical (unpaired) electrons. The van der Waals surface area contributed by atoms with Crippen molar-refractivity contribution in [3.8, 4) is 0 Å². The molecule has 0 aromatic carbocycles. The van der Waals surface area contributed by atoms with Crippen LogP contribution in [0.2, 0.25) is 0 Å². The van der Waals surface area contributed by atoms with Crippen molar-refractivity contribution in [2.45, 2.75) is 59.1 Å². The van der Waals surface area contributed by atoms with Crippen LogP contribution in [0.5, 0.6) is 0 Å². The summed E-state index contributed by atoms with van der Waals surface area (Å²) < 4.78 is 5.46. The highest BCUT2D eigenvalue weighted by Gasteiger charge is 2.21. The molecule has 0 aliphatic heterocycles. The summed E-state index contributed by atoms with van der Waals surface area (Å²) in [7, 11) is 0. The van der Waals surface area contributed by atoms with E-state index in [2.05, 4.69) is 5.32 Å². The van der Waals surface area contributed by atoms with E-state index < -0.39 is 12.0 Å². The molecule has 5 nitrogen and oxygen atoms in total. The average Bonchev–Trinajstić information content (AvgIpc) is 2.12. The Labute approximate surface area is 109 Å². The van der Waals surface area contributed by atoms with Crippen LogP contribution in [0, 0.1) is 5.92 Å². The quantitative estimate of drug-likeness (QED) is 0.731. The molecule has 0 saturated carbocycles. The van der Waals surface area contributed by atoms with Crippen molar-refractivity contribution in [1.82, 2.24) is 5.32 Å². The number of carbonyl (C=O) groups excluding carboxylic acids is 1. The summed E-state index contributed by atoms with van der Waals surface area (Å²) in [6, 6.07) is -0.876. The molecular formula is C13H25NO4. The summed E-state index contributed by atoms with van der Waals surface area (Å²) >= 11 is 0. The molecule has 0 spiro atoms. The standard InChI is InChI=1S/C13H25NO4/c1-9(2)8-11(15)14-10(12(16)17)6-7-18-13(3,4)5/h9-10H,6-8H2,1-5H3,(H,14,15)(H,16,17). The zero-order valence-electron chi connectivity index (χ0n) is 11.9. The van der Waals surface area contributed by atoms with Gasteiger partial charge in [0.2, 0.25) is 5.91 Å². The van der Waals surface area contributed by atoms with E-state index in [1.54, 1.807) is 0 Å². The molecule has 1 amide bonds. The summed E-state index contributed by atoms with van der Waals surface area (Å²) in [5, 5.41) is 11.5. The smallest absolute Gasteiger partial charge is 0.326 e. The molecule has 0 fully saturated rings. The monoisotopic (exact) mass is 259 g/mol. The maximum absolute atomic E-state index is 11.5. The fraction of sp³-hybridized carbons (Fsp3) is 0.846. The highest BCUT2D eigenvalue weighted by atomic mass is 16.5. The number of aliphatic carboxylic acids is 1. The Kier molecular flexibility index (Phi) is 6.91. The minimum absolute atomic E-state index is 0.213. The van der Waals surface area contributed by atoms with Gasteiger partial charge >= 0.3 is 5.97 Å². The summed E-state index contributed by atoms with van der Waals surface area (Å²) in [6.45, 7) is 9.85. The van der Waals surface area contributed by atoms with Crippen LogP contribution < -0.4 is 5.32 Å². The lowest BCUT2D eigenvalue weighted by Gasteiger charge is -2.21. The Hall–Kier alpha value is -1.10. The molecule has 0 aliphatic carbocycles. The van der Waals surface area contributed by atoms with E-state index in [-0.39, 0.29) is 23.8 Å². The Balaban J connectivity index is 4.16. The molecule has 1 atom stereocenters. The molecular weight excluding hydrogens is 234 g/mol. The number of amides is 1. The number of carboxylic acids is 1. The van der Waals surface area contributed by atoms with Crippen LogP contribution in [0.1, 0.15) is 47.5 Å². The maximum Gasteiger partial charge on any atom is 0.326 e. The molecule has 0 rings (SSSR count). The molecule has 0 aliphatic rings. The lowest BCUT2D eigenvalue weighted by molar-refractivity contribution is -0.143. The predicted molar refractivity (Wildman–Crippen MR) is 69.3 cm³/mol. The summed E-state index contributed by atoms with van der Waals surface area (Å²) in [4.78, 5) is 22.5. The van der Waals surface area contributed by atoms with E-state index in [4.69, 9.17) is 9.84 Å². The second-order valence-electron chi connectivity index (χ2n) is 5.81. The van der Waals surface area contributed by atoms with Gasteiger partial charge in [-0.2, -0.15) is 0 Å². The van der Waals surface area contributed by atoms with E-state index in [1.165, 1.54) is 0 Å². The first-order valence-electron chi connectivity index (χ1n) is 6.28. The maximum atomic E-state index is 11.5. The van der Waals surface area contributed by atoms with E-state index in [0.717, 1.165) is 0 Å². The first-order valence-corrected chi connectivity index (χ1v) is 6.28. The molecule has 0 saturated heterocycles. The highest BCUT2D eigenvalue weighted by molar-refractivity contribution is 5.83. The predicted octanol–water partition coefficient (Wildman–Crippen LogP) is 1.81. The highest BCUT2D eigenvalue weighted by Crippen LogP contribution is 2.08. The van der Waals surface area contributed by atoms with Crippen molar-refractivity contribution < 1.29 is 19.4 Å². The SMILES string of the molecule is CC(C)CC(=O)NC(CCOC(C)(C)C)C(=O)O. The molecule has 5 heteroatoms. The van der Waals surface area contributed by atoms with Crippen LogP contribution in [0.25, 0.3) is 0 Å². The normalized spacial score (nSPS) is 13.4. The molecule has 0 aromatic rings. The van der Waals surface area contributed by atoms with Gasteiger partial charge in [0.15, 0.2) is 0 Å². The largest absolute Gasteiger partial charge is 0.480 e. The molecule has 106 valence electrons. The number of carboxylic acid groups (broad SMARTS) is 1. The lowest BCUT2D eigenvalue weighted by atomic mass is 10.1. The van der Waals surface area contributed by atoms with Crippen molar-refractivity contribution in [1.29, 1.82) is 0 Å². The number of ether oxygens (including phenoxy) is 1. The van der Waals surface area contributed by atoms with Gasteiger partial charge < -0.3 is 15.2 Å². The fourth-order valence-electron chi connectivity index (χ4n) is 1.36. The zero-order chi connectivity index (χ0) is 14.3. The first kappa shape index (κ1) is 16.9. The van der Waals surface area contributed by atoms with Crippen LogP contribution in [0.3, 0.4) is 0 Å². The van der Waals surface area contributed by atoms with Gasteiger partial charge in [-0.15, -0.1) is 0 Å². The third kappa shape index (κ3) is 8.98.